The van der Waals surface area contributed by atoms with E-state index in [-0.39, 0.29) is 16.8 Å². The number of thiol groups is 1. The van der Waals surface area contributed by atoms with Crippen molar-refractivity contribution in [3.8, 4) is 22.8 Å². The van der Waals surface area contributed by atoms with Gasteiger partial charge in [0.15, 0.2) is 11.5 Å². The largest absolute Gasteiger partial charge is 0.493 e. The van der Waals surface area contributed by atoms with E-state index >= 15 is 0 Å². The summed E-state index contributed by atoms with van der Waals surface area (Å²) in [6.07, 6.45) is 1.86. The minimum atomic E-state index is -0.228. The number of furan rings is 1. The molecule has 1 aromatic carbocycles. The van der Waals surface area contributed by atoms with E-state index < -0.39 is 0 Å². The topological polar surface area (TPSA) is 40.8 Å². The summed E-state index contributed by atoms with van der Waals surface area (Å²) in [5.41, 5.74) is 0.404. The normalized spacial score (nSPS) is 25.9. The van der Waals surface area contributed by atoms with Crippen LogP contribution in [0.4, 0.5) is 0 Å². The van der Waals surface area contributed by atoms with Crippen LogP contribution in [0, 0.1) is 17.3 Å². The monoisotopic (exact) mass is 432 g/mol. The van der Waals surface area contributed by atoms with E-state index in [2.05, 4.69) is 40.3 Å². The first kappa shape index (κ1) is 21.8. The molecule has 29 heavy (non-hydrogen) atoms. The minimum absolute atomic E-state index is 0.183. The van der Waals surface area contributed by atoms with Crippen molar-refractivity contribution in [3.05, 3.63) is 41.9 Å². The molecule has 0 bridgehead atoms. The molecular formula is C23H28O4S2. The Morgan fingerprint density at radius 1 is 1.17 bits per heavy atom. The third-order valence-electron chi connectivity index (χ3n) is 6.10. The van der Waals surface area contributed by atoms with E-state index in [1.165, 1.54) is 0 Å². The fraction of sp³-hybridized carbons (Fsp3) is 0.435. The fourth-order valence-electron chi connectivity index (χ4n) is 3.73. The molecule has 3 unspecified atom stereocenters. The lowest BCUT2D eigenvalue weighted by Crippen LogP contribution is -2.48. The summed E-state index contributed by atoms with van der Waals surface area (Å²) in [6.45, 7) is 8.71. The second-order valence-corrected chi connectivity index (χ2v) is 8.73. The number of thiocarbonyl (C=S) groups is 1. The molecule has 6 heteroatoms. The molecule has 1 fully saturated rings. The first-order valence-corrected chi connectivity index (χ1v) is 10.6. The predicted octanol–water partition coefficient (Wildman–Crippen LogP) is 6.26. The van der Waals surface area contributed by atoms with Crippen LogP contribution in [-0.4, -0.2) is 24.5 Å². The standard InChI is InChI=1S/C23H28O4S2/c1-13(2)23(4)14(3)22(29)27-19(21(23)28)12-15-10-11-17(26-15)16-8-7-9-18(24-5)20(16)25-6/h7-14,22,29H,1-6H3. The molecule has 2 heterocycles. The van der Waals surface area contributed by atoms with Crippen LogP contribution in [0.2, 0.25) is 0 Å². The van der Waals surface area contributed by atoms with Crippen LogP contribution in [-0.2, 0) is 4.74 Å². The van der Waals surface area contributed by atoms with Crippen LogP contribution in [0.3, 0.4) is 0 Å². The average Bonchev–Trinajstić information content (AvgIpc) is 3.17. The molecule has 0 spiro atoms. The molecular weight excluding hydrogens is 404 g/mol. The highest BCUT2D eigenvalue weighted by Gasteiger charge is 2.47. The molecule has 1 aromatic heterocycles. The molecule has 1 aliphatic rings. The van der Waals surface area contributed by atoms with E-state index in [0.717, 1.165) is 10.4 Å². The Hall–Kier alpha value is -1.92. The number of hydrogen-bond acceptors (Lipinski definition) is 6. The van der Waals surface area contributed by atoms with Gasteiger partial charge in [-0.3, -0.25) is 0 Å². The second kappa shape index (κ2) is 8.44. The van der Waals surface area contributed by atoms with Gasteiger partial charge in [0.2, 0.25) is 0 Å². The van der Waals surface area contributed by atoms with Gasteiger partial charge >= 0.3 is 0 Å². The zero-order chi connectivity index (χ0) is 21.3. The quantitative estimate of drug-likeness (QED) is 0.343. The zero-order valence-corrected chi connectivity index (χ0v) is 19.4. The Labute approximate surface area is 183 Å². The van der Waals surface area contributed by atoms with Crippen molar-refractivity contribution in [2.45, 2.75) is 33.1 Å². The lowest BCUT2D eigenvalue weighted by atomic mass is 9.66. The number of hydrogen-bond donors (Lipinski definition) is 1. The smallest absolute Gasteiger partial charge is 0.171 e. The lowest BCUT2D eigenvalue weighted by molar-refractivity contribution is 0.0597. The Bertz CT molecular complexity index is 931. The first-order valence-electron chi connectivity index (χ1n) is 9.66. The Balaban J connectivity index is 1.98. The van der Waals surface area contributed by atoms with Gasteiger partial charge in [0.25, 0.3) is 0 Å². The van der Waals surface area contributed by atoms with Crippen molar-refractivity contribution >= 4 is 35.8 Å². The summed E-state index contributed by atoms with van der Waals surface area (Å²) in [5.74, 6) is 3.82. The molecule has 0 saturated carbocycles. The molecule has 156 valence electrons. The van der Waals surface area contributed by atoms with Crippen LogP contribution in [0.1, 0.15) is 33.5 Å². The van der Waals surface area contributed by atoms with Gasteiger partial charge in [-0.1, -0.05) is 46.0 Å². The molecule has 0 amide bonds. The van der Waals surface area contributed by atoms with E-state index in [4.69, 9.17) is 30.8 Å². The van der Waals surface area contributed by atoms with Gasteiger partial charge in [0.1, 0.15) is 22.7 Å². The molecule has 0 N–H and O–H groups in total. The number of para-hydroxylation sites is 1. The number of benzene rings is 1. The third kappa shape index (κ3) is 3.80. The summed E-state index contributed by atoms with van der Waals surface area (Å²) < 4.78 is 23.0. The van der Waals surface area contributed by atoms with E-state index in [0.29, 0.717) is 34.7 Å². The molecule has 0 radical (unpaired) electrons. The van der Waals surface area contributed by atoms with Gasteiger partial charge < -0.3 is 18.6 Å². The minimum Gasteiger partial charge on any atom is -0.493 e. The van der Waals surface area contributed by atoms with Crippen LogP contribution >= 0.6 is 24.8 Å². The molecule has 1 saturated heterocycles. The van der Waals surface area contributed by atoms with Crippen molar-refractivity contribution in [2.75, 3.05) is 14.2 Å². The lowest BCUT2D eigenvalue weighted by Gasteiger charge is -2.47. The number of allylic oxidation sites excluding steroid dienone is 1. The molecule has 1 aliphatic heterocycles. The van der Waals surface area contributed by atoms with Crippen molar-refractivity contribution < 1.29 is 18.6 Å². The van der Waals surface area contributed by atoms with Gasteiger partial charge in [0.05, 0.1) is 24.6 Å². The number of methoxy groups -OCH3 is 2. The van der Waals surface area contributed by atoms with Gasteiger partial charge in [-0.05, 0) is 30.2 Å². The van der Waals surface area contributed by atoms with Gasteiger partial charge in [-0.2, -0.15) is 0 Å². The highest BCUT2D eigenvalue weighted by atomic mass is 32.1. The summed E-state index contributed by atoms with van der Waals surface area (Å²) in [6, 6.07) is 9.48. The number of ether oxygens (including phenoxy) is 3. The van der Waals surface area contributed by atoms with Crippen LogP contribution in [0.5, 0.6) is 11.5 Å². The first-order chi connectivity index (χ1) is 13.7. The van der Waals surface area contributed by atoms with Crippen molar-refractivity contribution in [1.82, 2.24) is 0 Å². The maximum Gasteiger partial charge on any atom is 0.171 e. The summed E-state index contributed by atoms with van der Waals surface area (Å²) in [7, 11) is 3.23. The van der Waals surface area contributed by atoms with E-state index in [9.17, 15) is 0 Å². The Morgan fingerprint density at radius 3 is 2.52 bits per heavy atom. The Morgan fingerprint density at radius 2 is 1.90 bits per heavy atom. The molecule has 3 rings (SSSR count). The van der Waals surface area contributed by atoms with Gasteiger partial charge in [-0.25, -0.2) is 0 Å². The highest BCUT2D eigenvalue weighted by molar-refractivity contribution is 7.81. The van der Waals surface area contributed by atoms with Crippen molar-refractivity contribution in [1.29, 1.82) is 0 Å². The van der Waals surface area contributed by atoms with E-state index in [1.54, 1.807) is 14.2 Å². The fourth-order valence-corrected chi connectivity index (χ4v) is 4.68. The average molecular weight is 433 g/mol. The maximum absolute atomic E-state index is 6.08. The molecule has 4 nitrogen and oxygen atoms in total. The molecule has 0 aliphatic carbocycles. The van der Waals surface area contributed by atoms with Crippen molar-refractivity contribution in [3.63, 3.8) is 0 Å². The number of rotatable bonds is 5. The third-order valence-corrected chi connectivity index (χ3v) is 7.30. The molecule has 2 aromatic rings. The zero-order valence-electron chi connectivity index (χ0n) is 17.7. The van der Waals surface area contributed by atoms with Crippen LogP contribution in [0.15, 0.2) is 40.5 Å². The second-order valence-electron chi connectivity index (χ2n) is 7.82. The predicted molar refractivity (Wildman–Crippen MR) is 124 cm³/mol. The van der Waals surface area contributed by atoms with Gasteiger partial charge in [0, 0.05) is 17.4 Å². The maximum atomic E-state index is 6.08. The summed E-state index contributed by atoms with van der Waals surface area (Å²) >= 11 is 10.5. The van der Waals surface area contributed by atoms with E-state index in [1.807, 2.05) is 36.4 Å². The Kier molecular flexibility index (Phi) is 6.34. The SMILES string of the molecule is COc1cccc(-c2ccc(C=C3OC(S)C(C)C(C)(C(C)C)C3=S)o2)c1OC. The molecule has 3 atom stereocenters. The van der Waals surface area contributed by atoms with Crippen LogP contribution in [0.25, 0.3) is 17.4 Å². The van der Waals surface area contributed by atoms with Crippen LogP contribution < -0.4 is 9.47 Å². The highest BCUT2D eigenvalue weighted by Crippen LogP contribution is 2.47. The summed E-state index contributed by atoms with van der Waals surface area (Å²) in [5, 5.41) is 0. The summed E-state index contributed by atoms with van der Waals surface area (Å²) in [4.78, 5) is 0.808. The van der Waals surface area contributed by atoms with Crippen molar-refractivity contribution in [2.24, 2.45) is 17.3 Å². The van der Waals surface area contributed by atoms with Gasteiger partial charge in [-0.15, -0.1) is 12.6 Å².